The van der Waals surface area contributed by atoms with Crippen molar-refractivity contribution in [3.63, 3.8) is 0 Å². The number of hydrogen-bond donors (Lipinski definition) is 2. The van der Waals surface area contributed by atoms with E-state index in [1.807, 2.05) is 13.8 Å². The van der Waals surface area contributed by atoms with E-state index < -0.39 is 5.54 Å². The molecule has 0 aliphatic carbocycles. The van der Waals surface area contributed by atoms with Crippen LogP contribution < -0.4 is 10.6 Å². The van der Waals surface area contributed by atoms with Gasteiger partial charge in [-0.05, 0) is 13.8 Å². The Hall–Kier alpha value is -1.14. The number of amides is 1. The third kappa shape index (κ3) is 2.95. The monoisotopic (exact) mass is 260 g/mol. The molecule has 1 aromatic rings. The van der Waals surface area contributed by atoms with Crippen molar-refractivity contribution < 1.29 is 9.32 Å². The summed E-state index contributed by atoms with van der Waals surface area (Å²) in [6.07, 6.45) is 0. The van der Waals surface area contributed by atoms with Crippen molar-refractivity contribution in [2.24, 2.45) is 5.92 Å². The second-order valence-electron chi connectivity index (χ2n) is 4.61. The van der Waals surface area contributed by atoms with Gasteiger partial charge in [0.2, 0.25) is 11.8 Å². The molecule has 0 spiro atoms. The number of aryl methyl sites for hydroxylation is 1. The maximum Gasteiger partial charge on any atom is 0.226 e. The maximum absolute atomic E-state index is 11.8. The minimum atomic E-state index is -0.593. The van der Waals surface area contributed by atoms with Crippen LogP contribution in [0.1, 0.15) is 25.6 Å². The van der Waals surface area contributed by atoms with Crippen LogP contribution in [0.4, 0.5) is 0 Å². The van der Waals surface area contributed by atoms with E-state index in [9.17, 15) is 4.79 Å². The lowest BCUT2D eigenvalue weighted by Gasteiger charge is -2.30. The molecule has 0 bridgehead atoms. The highest BCUT2D eigenvalue weighted by Gasteiger charge is 2.33. The molecule has 1 amide bonds. The highest BCUT2D eigenvalue weighted by molar-refractivity contribution is 5.85. The number of nitrogens with one attached hydrogen (secondary N) is 2. The molecule has 1 aliphatic rings. The summed E-state index contributed by atoms with van der Waals surface area (Å²) < 4.78 is 4.91. The van der Waals surface area contributed by atoms with Gasteiger partial charge in [0, 0.05) is 20.0 Å². The molecule has 0 radical (unpaired) electrons. The number of halogens is 1. The molecule has 2 rings (SSSR count). The van der Waals surface area contributed by atoms with Gasteiger partial charge in [0.1, 0.15) is 0 Å². The lowest BCUT2D eigenvalue weighted by Crippen LogP contribution is -2.54. The van der Waals surface area contributed by atoms with Gasteiger partial charge in [0.25, 0.3) is 0 Å². The van der Waals surface area contributed by atoms with Gasteiger partial charge in [-0.2, -0.15) is 4.98 Å². The standard InChI is InChI=1S/C10H16N4O2.ClH/c1-6-12-9(14-16-6)10(2,3)13-8(15)7-4-11-5-7;/h7,11H,4-5H2,1-3H3,(H,13,15);1H. The van der Waals surface area contributed by atoms with Crippen molar-refractivity contribution in [1.29, 1.82) is 0 Å². The first-order valence-corrected chi connectivity index (χ1v) is 5.32. The molecule has 2 N–H and O–H groups in total. The summed E-state index contributed by atoms with van der Waals surface area (Å²) in [5.74, 6) is 1.10. The second kappa shape index (κ2) is 5.01. The van der Waals surface area contributed by atoms with E-state index in [1.54, 1.807) is 6.92 Å². The van der Waals surface area contributed by atoms with Crippen molar-refractivity contribution in [1.82, 2.24) is 20.8 Å². The van der Waals surface area contributed by atoms with E-state index in [1.165, 1.54) is 0 Å². The number of nitrogens with zero attached hydrogens (tertiary/aromatic N) is 2. The molecule has 1 aromatic heterocycles. The summed E-state index contributed by atoms with van der Waals surface area (Å²) in [5, 5.41) is 9.81. The molecule has 17 heavy (non-hydrogen) atoms. The molecule has 96 valence electrons. The molecule has 1 saturated heterocycles. The van der Waals surface area contributed by atoms with E-state index in [0.29, 0.717) is 11.7 Å². The van der Waals surface area contributed by atoms with Crippen LogP contribution in [0.25, 0.3) is 0 Å². The zero-order valence-electron chi connectivity index (χ0n) is 10.1. The highest BCUT2D eigenvalue weighted by Crippen LogP contribution is 2.17. The second-order valence-corrected chi connectivity index (χ2v) is 4.61. The van der Waals surface area contributed by atoms with Crippen molar-refractivity contribution >= 4 is 18.3 Å². The quantitative estimate of drug-likeness (QED) is 0.821. The first-order chi connectivity index (χ1) is 7.49. The minimum absolute atomic E-state index is 0. The number of carbonyl (C=O) groups is 1. The van der Waals surface area contributed by atoms with Gasteiger partial charge >= 0.3 is 0 Å². The molecular formula is C10H17ClN4O2. The Morgan fingerprint density at radius 2 is 2.18 bits per heavy atom. The average molecular weight is 261 g/mol. The fourth-order valence-corrected chi connectivity index (χ4v) is 1.49. The molecule has 0 saturated carbocycles. The lowest BCUT2D eigenvalue weighted by molar-refractivity contribution is -0.128. The minimum Gasteiger partial charge on any atom is -0.343 e. The normalized spacial score (nSPS) is 15.9. The molecule has 0 atom stereocenters. The van der Waals surface area contributed by atoms with E-state index >= 15 is 0 Å². The van der Waals surface area contributed by atoms with Crippen LogP contribution in [0.5, 0.6) is 0 Å². The number of aromatic nitrogens is 2. The van der Waals surface area contributed by atoms with Crippen LogP contribution in [-0.2, 0) is 10.3 Å². The van der Waals surface area contributed by atoms with E-state index in [-0.39, 0.29) is 24.2 Å². The smallest absolute Gasteiger partial charge is 0.226 e. The first-order valence-electron chi connectivity index (χ1n) is 5.32. The van der Waals surface area contributed by atoms with Gasteiger partial charge in [-0.15, -0.1) is 12.4 Å². The molecule has 0 aromatic carbocycles. The van der Waals surface area contributed by atoms with Crippen LogP contribution in [0.3, 0.4) is 0 Å². The van der Waals surface area contributed by atoms with Crippen LogP contribution in [-0.4, -0.2) is 29.1 Å². The average Bonchev–Trinajstić information content (AvgIpc) is 2.47. The summed E-state index contributed by atoms with van der Waals surface area (Å²) >= 11 is 0. The SMILES string of the molecule is Cc1nc(C(C)(C)NC(=O)C2CNC2)no1.Cl. The molecule has 6 nitrogen and oxygen atoms in total. The third-order valence-corrected chi connectivity index (χ3v) is 2.67. The molecule has 1 aliphatic heterocycles. The molecular weight excluding hydrogens is 244 g/mol. The summed E-state index contributed by atoms with van der Waals surface area (Å²) in [6, 6.07) is 0. The Kier molecular flexibility index (Phi) is 4.11. The number of rotatable bonds is 3. The van der Waals surface area contributed by atoms with E-state index in [2.05, 4.69) is 20.8 Å². The molecule has 2 heterocycles. The van der Waals surface area contributed by atoms with Crippen LogP contribution in [0.2, 0.25) is 0 Å². The Bertz CT molecular complexity index is 401. The molecule has 7 heteroatoms. The molecule has 0 unspecified atom stereocenters. The summed E-state index contributed by atoms with van der Waals surface area (Å²) in [7, 11) is 0. The zero-order chi connectivity index (χ0) is 11.8. The van der Waals surface area contributed by atoms with Crippen LogP contribution in [0.15, 0.2) is 4.52 Å². The van der Waals surface area contributed by atoms with Gasteiger partial charge in [0.05, 0.1) is 11.5 Å². The van der Waals surface area contributed by atoms with Crippen molar-refractivity contribution in [2.45, 2.75) is 26.3 Å². The van der Waals surface area contributed by atoms with Crippen molar-refractivity contribution in [3.8, 4) is 0 Å². The van der Waals surface area contributed by atoms with E-state index in [0.717, 1.165) is 13.1 Å². The van der Waals surface area contributed by atoms with Gasteiger partial charge in [-0.25, -0.2) is 0 Å². The molecule has 1 fully saturated rings. The Morgan fingerprint density at radius 3 is 2.59 bits per heavy atom. The van der Waals surface area contributed by atoms with Crippen LogP contribution in [0, 0.1) is 12.8 Å². The van der Waals surface area contributed by atoms with Crippen molar-refractivity contribution in [2.75, 3.05) is 13.1 Å². The fraction of sp³-hybridized carbons (Fsp3) is 0.700. The summed E-state index contributed by atoms with van der Waals surface area (Å²) in [5.41, 5.74) is -0.593. The number of carbonyl (C=O) groups excluding carboxylic acids is 1. The summed E-state index contributed by atoms with van der Waals surface area (Å²) in [6.45, 7) is 6.94. The maximum atomic E-state index is 11.8. The predicted octanol–water partition coefficient (Wildman–Crippen LogP) is 0.371. The Balaban J connectivity index is 0.00000144. The van der Waals surface area contributed by atoms with E-state index in [4.69, 9.17) is 4.52 Å². The van der Waals surface area contributed by atoms with Gasteiger partial charge in [-0.3, -0.25) is 4.79 Å². The fourth-order valence-electron chi connectivity index (χ4n) is 1.49. The summed E-state index contributed by atoms with van der Waals surface area (Å²) in [4.78, 5) is 15.9. The topological polar surface area (TPSA) is 80.0 Å². The Morgan fingerprint density at radius 1 is 1.53 bits per heavy atom. The number of hydrogen-bond acceptors (Lipinski definition) is 5. The van der Waals surface area contributed by atoms with Crippen molar-refractivity contribution in [3.05, 3.63) is 11.7 Å². The highest BCUT2D eigenvalue weighted by atomic mass is 35.5. The Labute approximate surface area is 106 Å². The first kappa shape index (κ1) is 13.9. The third-order valence-electron chi connectivity index (χ3n) is 2.67. The van der Waals surface area contributed by atoms with Gasteiger partial charge in [-0.1, -0.05) is 5.16 Å². The predicted molar refractivity (Wildman–Crippen MR) is 63.8 cm³/mol. The van der Waals surface area contributed by atoms with Gasteiger partial charge < -0.3 is 15.2 Å². The van der Waals surface area contributed by atoms with Gasteiger partial charge in [0.15, 0.2) is 5.82 Å². The van der Waals surface area contributed by atoms with Crippen LogP contribution >= 0.6 is 12.4 Å². The zero-order valence-corrected chi connectivity index (χ0v) is 10.9. The lowest BCUT2D eigenvalue weighted by atomic mass is 9.98. The largest absolute Gasteiger partial charge is 0.343 e.